The van der Waals surface area contributed by atoms with Crippen molar-refractivity contribution >= 4 is 14.3 Å². The van der Waals surface area contributed by atoms with Gasteiger partial charge in [-0.3, -0.25) is 9.69 Å². The van der Waals surface area contributed by atoms with E-state index in [-0.39, 0.29) is 22.5 Å². The van der Waals surface area contributed by atoms with Crippen molar-refractivity contribution in [3.8, 4) is 0 Å². The first kappa shape index (κ1) is 18.9. The lowest BCUT2D eigenvalue weighted by atomic mass is 9.51. The molecule has 148 valence electrons. The Balaban J connectivity index is 1.66. The highest BCUT2D eigenvalue weighted by atomic mass is 28.4. The molecule has 3 aliphatic heterocycles. The van der Waals surface area contributed by atoms with Gasteiger partial charge in [-0.1, -0.05) is 20.8 Å². The van der Waals surface area contributed by atoms with Crippen LogP contribution in [0.15, 0.2) is 0 Å². The number of carbonyl (C=O) groups is 1. The van der Waals surface area contributed by atoms with Crippen LogP contribution in [0.25, 0.3) is 0 Å². The molecule has 0 radical (unpaired) electrons. The maximum atomic E-state index is 13.1. The van der Waals surface area contributed by atoms with E-state index in [1.54, 1.807) is 7.11 Å². The SMILES string of the molecule is COC(=O)[C@@]12C3C4C[C@@H]1[C@@](CO[Si](C)(C)C(C)(C)C)(CC[C@H]2OC)CN43. The highest BCUT2D eigenvalue weighted by molar-refractivity contribution is 6.74. The molecular formula is C20H35NO4Si. The molecule has 7 atom stereocenters. The molecular weight excluding hydrogens is 346 g/mol. The maximum absolute atomic E-state index is 13.1. The minimum Gasteiger partial charge on any atom is -0.468 e. The van der Waals surface area contributed by atoms with Crippen LogP contribution in [0.1, 0.15) is 40.0 Å². The molecule has 26 heavy (non-hydrogen) atoms. The lowest BCUT2D eigenvalue weighted by molar-refractivity contribution is -0.204. The first-order valence-electron chi connectivity index (χ1n) is 10.1. The molecule has 3 unspecified atom stereocenters. The summed E-state index contributed by atoms with van der Waals surface area (Å²) in [5.74, 6) is 0.270. The van der Waals surface area contributed by atoms with E-state index in [1.807, 2.05) is 0 Å². The number of carbonyl (C=O) groups excluding carboxylic acids is 1. The number of methoxy groups -OCH3 is 2. The summed E-state index contributed by atoms with van der Waals surface area (Å²) in [6, 6.07) is 0.877. The average molecular weight is 382 g/mol. The summed E-state index contributed by atoms with van der Waals surface area (Å²) >= 11 is 0. The monoisotopic (exact) mass is 381 g/mol. The normalized spacial score (nSPS) is 46.2. The van der Waals surface area contributed by atoms with E-state index in [1.165, 1.54) is 7.11 Å². The Morgan fingerprint density at radius 2 is 1.96 bits per heavy atom. The first-order valence-corrected chi connectivity index (χ1v) is 13.0. The zero-order valence-electron chi connectivity index (χ0n) is 17.4. The zero-order chi connectivity index (χ0) is 19.1. The Kier molecular flexibility index (Phi) is 4.04. The molecule has 0 N–H and O–H groups in total. The van der Waals surface area contributed by atoms with E-state index in [2.05, 4.69) is 38.8 Å². The number of ether oxygens (including phenoxy) is 2. The number of esters is 1. The number of hydrogen-bond donors (Lipinski definition) is 0. The van der Waals surface area contributed by atoms with Gasteiger partial charge >= 0.3 is 5.97 Å². The quantitative estimate of drug-likeness (QED) is 0.416. The van der Waals surface area contributed by atoms with Gasteiger partial charge < -0.3 is 13.9 Å². The second-order valence-electron chi connectivity index (χ2n) is 10.6. The molecule has 0 aromatic rings. The molecule has 5 nitrogen and oxygen atoms in total. The minimum atomic E-state index is -1.82. The Labute approximate surface area is 158 Å². The van der Waals surface area contributed by atoms with Gasteiger partial charge in [0.2, 0.25) is 0 Å². The molecule has 0 amide bonds. The van der Waals surface area contributed by atoms with Crippen molar-refractivity contribution < 1.29 is 18.7 Å². The van der Waals surface area contributed by atoms with E-state index >= 15 is 0 Å². The Morgan fingerprint density at radius 3 is 2.50 bits per heavy atom. The van der Waals surface area contributed by atoms with Crippen LogP contribution in [0.2, 0.25) is 18.1 Å². The van der Waals surface area contributed by atoms with Crippen LogP contribution in [0, 0.1) is 16.7 Å². The van der Waals surface area contributed by atoms with Crippen LogP contribution in [0.3, 0.4) is 0 Å². The Bertz CT molecular complexity index is 617. The zero-order valence-corrected chi connectivity index (χ0v) is 18.4. The third-order valence-corrected chi connectivity index (χ3v) is 13.1. The molecule has 5 aliphatic rings. The molecule has 3 heterocycles. The van der Waals surface area contributed by atoms with Crippen LogP contribution in [0.5, 0.6) is 0 Å². The second kappa shape index (κ2) is 5.55. The fraction of sp³-hybridized carbons (Fsp3) is 0.950. The standard InChI is InChI=1S/C20H35NO4Si/c1-18(2,3)26(6,7)25-12-19-9-8-15(23-4)20(17(22)24-5)14(19)10-13-16(20)21(13)11-19/h13-16H,8-12H2,1-7H3/t13?,14-,15-,16?,19+,20+,21?/m1/s1. The fourth-order valence-corrected chi connectivity index (χ4v) is 7.33. The van der Waals surface area contributed by atoms with Crippen LogP contribution >= 0.6 is 0 Å². The number of nitrogens with zero attached hydrogens (tertiary/aromatic N) is 1. The van der Waals surface area contributed by atoms with Gasteiger partial charge in [0.05, 0.1) is 13.2 Å². The highest BCUT2D eigenvalue weighted by Crippen LogP contribution is 2.73. The van der Waals surface area contributed by atoms with Crippen LogP contribution in [0.4, 0.5) is 0 Å². The number of hydrogen-bond acceptors (Lipinski definition) is 5. The largest absolute Gasteiger partial charge is 0.468 e. The Morgan fingerprint density at radius 1 is 1.27 bits per heavy atom. The summed E-state index contributed by atoms with van der Waals surface area (Å²) < 4.78 is 18.0. The summed E-state index contributed by atoms with van der Waals surface area (Å²) in [5, 5.41) is 0.200. The molecule has 3 saturated heterocycles. The average Bonchev–Trinajstić information content (AvgIpc) is 3.15. The van der Waals surface area contributed by atoms with Gasteiger partial charge in [0, 0.05) is 37.8 Å². The summed E-state index contributed by atoms with van der Waals surface area (Å²) in [4.78, 5) is 15.6. The molecule has 6 bridgehead atoms. The van der Waals surface area contributed by atoms with Gasteiger partial charge in [-0.25, -0.2) is 0 Å². The van der Waals surface area contributed by atoms with Crippen molar-refractivity contribution in [1.82, 2.24) is 4.90 Å². The highest BCUT2D eigenvalue weighted by Gasteiger charge is 2.83. The van der Waals surface area contributed by atoms with Crippen molar-refractivity contribution in [1.29, 1.82) is 0 Å². The second-order valence-corrected chi connectivity index (χ2v) is 15.4. The predicted molar refractivity (Wildman–Crippen MR) is 102 cm³/mol. The summed E-state index contributed by atoms with van der Waals surface area (Å²) in [6.45, 7) is 13.4. The topological polar surface area (TPSA) is 47.8 Å². The lowest BCUT2D eigenvalue weighted by Gasteiger charge is -2.59. The van der Waals surface area contributed by atoms with Gasteiger partial charge in [0.25, 0.3) is 0 Å². The molecule has 5 fully saturated rings. The van der Waals surface area contributed by atoms with Crippen molar-refractivity contribution in [2.45, 2.75) is 76.4 Å². The van der Waals surface area contributed by atoms with Crippen molar-refractivity contribution in [2.24, 2.45) is 16.7 Å². The van der Waals surface area contributed by atoms with Gasteiger partial charge in [-0.2, -0.15) is 0 Å². The van der Waals surface area contributed by atoms with Gasteiger partial charge in [-0.15, -0.1) is 0 Å². The molecule has 0 aromatic heterocycles. The minimum absolute atomic E-state index is 0.0266. The maximum Gasteiger partial charge on any atom is 0.316 e. The van der Waals surface area contributed by atoms with Crippen molar-refractivity contribution in [3.63, 3.8) is 0 Å². The van der Waals surface area contributed by atoms with E-state index in [0.717, 1.165) is 32.4 Å². The van der Waals surface area contributed by atoms with Crippen molar-refractivity contribution in [2.75, 3.05) is 27.4 Å². The molecule has 2 aliphatic carbocycles. The predicted octanol–water partition coefficient (Wildman–Crippen LogP) is 3.05. The Hall–Kier alpha value is -0.433. The van der Waals surface area contributed by atoms with E-state index < -0.39 is 13.7 Å². The van der Waals surface area contributed by atoms with Gasteiger partial charge in [0.1, 0.15) is 5.41 Å². The molecule has 0 spiro atoms. The van der Waals surface area contributed by atoms with Crippen LogP contribution in [-0.4, -0.2) is 64.7 Å². The first-order chi connectivity index (χ1) is 12.0. The molecule has 0 aromatic carbocycles. The summed E-state index contributed by atoms with van der Waals surface area (Å²) in [5.41, 5.74) is -0.413. The fourth-order valence-electron chi connectivity index (χ4n) is 6.25. The number of piperidine rings is 3. The third-order valence-electron chi connectivity index (χ3n) is 8.63. The molecule has 2 saturated carbocycles. The summed E-state index contributed by atoms with van der Waals surface area (Å²) in [6.07, 6.45) is 3.08. The smallest absolute Gasteiger partial charge is 0.316 e. The summed E-state index contributed by atoms with van der Waals surface area (Å²) in [7, 11) is 1.47. The lowest BCUT2D eigenvalue weighted by Crippen LogP contribution is -2.67. The van der Waals surface area contributed by atoms with Crippen molar-refractivity contribution in [3.05, 3.63) is 0 Å². The van der Waals surface area contributed by atoms with E-state index in [4.69, 9.17) is 13.9 Å². The van der Waals surface area contributed by atoms with Gasteiger partial charge in [0.15, 0.2) is 8.32 Å². The third kappa shape index (κ3) is 2.16. The van der Waals surface area contributed by atoms with Crippen LogP contribution in [-0.2, 0) is 18.7 Å². The van der Waals surface area contributed by atoms with E-state index in [0.29, 0.717) is 18.0 Å². The molecule has 6 heteroatoms. The van der Waals surface area contributed by atoms with Gasteiger partial charge in [-0.05, 0) is 43.3 Å². The number of rotatable bonds is 5. The van der Waals surface area contributed by atoms with E-state index in [9.17, 15) is 4.79 Å². The van der Waals surface area contributed by atoms with Crippen LogP contribution < -0.4 is 0 Å². The molecule has 5 rings (SSSR count).